The van der Waals surface area contributed by atoms with Gasteiger partial charge in [-0.2, -0.15) is 13.2 Å². The lowest BCUT2D eigenvalue weighted by atomic mass is 9.89. The number of rotatable bonds is 2. The number of nitrogens with two attached hydrogens (primary N) is 1. The minimum Gasteiger partial charge on any atom is -0.324 e. The lowest BCUT2D eigenvalue weighted by Gasteiger charge is -2.23. The summed E-state index contributed by atoms with van der Waals surface area (Å²) >= 11 is 0. The first-order chi connectivity index (χ1) is 8.41. The van der Waals surface area contributed by atoms with Gasteiger partial charge in [0.05, 0.1) is 5.56 Å². The molecule has 0 aromatic heterocycles. The normalized spacial score (nSPS) is 18.2. The van der Waals surface area contributed by atoms with Gasteiger partial charge in [0, 0.05) is 6.04 Å². The molecule has 1 nitrogen and oxygen atoms in total. The Morgan fingerprint density at radius 1 is 1.16 bits per heavy atom. The summed E-state index contributed by atoms with van der Waals surface area (Å²) in [5.41, 5.74) is 4.58. The van der Waals surface area contributed by atoms with E-state index < -0.39 is 23.6 Å². The molecule has 2 N–H and O–H groups in total. The molecule has 0 bridgehead atoms. The number of alkyl halides is 3. The van der Waals surface area contributed by atoms with E-state index in [0.29, 0.717) is 0 Å². The molecule has 2 rings (SSSR count). The fraction of sp³-hybridized carbons (Fsp3) is 0.538. The predicted molar refractivity (Wildman–Crippen MR) is 67.5 cm³/mol. The lowest BCUT2D eigenvalue weighted by molar-refractivity contribution is -0.140. The number of hydrogen-bond donors (Lipinski definition) is 1. The highest BCUT2D eigenvalue weighted by Gasteiger charge is 2.39. The molecule has 0 spiro atoms. The molecule has 1 saturated carbocycles. The fourth-order valence-electron chi connectivity index (χ4n) is 2.69. The Morgan fingerprint density at radius 3 is 2.26 bits per heavy atom. The van der Waals surface area contributed by atoms with E-state index in [1.54, 1.807) is 0 Å². The van der Waals surface area contributed by atoms with Crippen LogP contribution in [0.1, 0.15) is 42.9 Å². The monoisotopic (exact) mass is 297 g/mol. The van der Waals surface area contributed by atoms with Crippen molar-refractivity contribution in [1.82, 2.24) is 0 Å². The Bertz CT molecular complexity index is 427. The van der Waals surface area contributed by atoms with Crippen LogP contribution < -0.4 is 5.73 Å². The molecule has 6 heteroatoms. The first-order valence-electron chi connectivity index (χ1n) is 6.02. The maximum absolute atomic E-state index is 13.4. The number of halogens is 5. The van der Waals surface area contributed by atoms with Gasteiger partial charge >= 0.3 is 6.18 Å². The van der Waals surface area contributed by atoms with Crippen molar-refractivity contribution in [3.63, 3.8) is 0 Å². The van der Waals surface area contributed by atoms with E-state index in [2.05, 4.69) is 0 Å². The minimum absolute atomic E-state index is 0. The number of benzene rings is 1. The second-order valence-corrected chi connectivity index (χ2v) is 4.77. The molecule has 1 fully saturated rings. The summed E-state index contributed by atoms with van der Waals surface area (Å²) in [4.78, 5) is 0. The van der Waals surface area contributed by atoms with E-state index in [1.807, 2.05) is 0 Å². The van der Waals surface area contributed by atoms with Gasteiger partial charge in [-0.15, -0.1) is 12.4 Å². The van der Waals surface area contributed by atoms with Crippen molar-refractivity contribution in [3.05, 3.63) is 35.1 Å². The summed E-state index contributed by atoms with van der Waals surface area (Å²) in [5.74, 6) is -1.22. The van der Waals surface area contributed by atoms with E-state index in [9.17, 15) is 17.6 Å². The van der Waals surface area contributed by atoms with Crippen molar-refractivity contribution >= 4 is 12.4 Å². The second-order valence-electron chi connectivity index (χ2n) is 4.77. The minimum atomic E-state index is -4.70. The quantitative estimate of drug-likeness (QED) is 0.802. The van der Waals surface area contributed by atoms with Gasteiger partial charge < -0.3 is 5.73 Å². The van der Waals surface area contributed by atoms with Crippen molar-refractivity contribution in [1.29, 1.82) is 0 Å². The molecular weight excluding hydrogens is 282 g/mol. The van der Waals surface area contributed by atoms with Crippen molar-refractivity contribution in [2.24, 2.45) is 11.7 Å². The van der Waals surface area contributed by atoms with Gasteiger partial charge in [-0.25, -0.2) is 4.39 Å². The third kappa shape index (κ3) is 3.39. The average Bonchev–Trinajstić information content (AvgIpc) is 2.79. The van der Waals surface area contributed by atoms with Crippen LogP contribution in [-0.2, 0) is 6.18 Å². The SMILES string of the molecule is Cl.N[C@@H](c1cccc(F)c1C(F)(F)F)C1CCCC1. The van der Waals surface area contributed by atoms with Crippen molar-refractivity contribution < 1.29 is 17.6 Å². The molecule has 0 aliphatic heterocycles. The van der Waals surface area contributed by atoms with Gasteiger partial charge in [0.15, 0.2) is 0 Å². The summed E-state index contributed by atoms with van der Waals surface area (Å²) in [5, 5.41) is 0. The smallest absolute Gasteiger partial charge is 0.324 e. The average molecular weight is 298 g/mol. The molecule has 0 heterocycles. The fourth-order valence-corrected chi connectivity index (χ4v) is 2.69. The molecule has 108 valence electrons. The molecule has 0 unspecified atom stereocenters. The highest BCUT2D eigenvalue weighted by atomic mass is 35.5. The van der Waals surface area contributed by atoms with Crippen LogP contribution in [0.2, 0.25) is 0 Å². The zero-order chi connectivity index (χ0) is 13.3. The summed E-state index contributed by atoms with van der Waals surface area (Å²) in [7, 11) is 0. The number of hydrogen-bond acceptors (Lipinski definition) is 1. The van der Waals surface area contributed by atoms with Gasteiger partial charge in [-0.3, -0.25) is 0 Å². The predicted octanol–water partition coefficient (Wildman–Crippen LogP) is 4.46. The molecule has 0 radical (unpaired) electrons. The van der Waals surface area contributed by atoms with Crippen LogP contribution in [0.4, 0.5) is 17.6 Å². The zero-order valence-corrected chi connectivity index (χ0v) is 11.0. The Labute approximate surface area is 115 Å². The molecule has 1 aliphatic carbocycles. The van der Waals surface area contributed by atoms with Gasteiger partial charge in [0.2, 0.25) is 0 Å². The summed E-state index contributed by atoms with van der Waals surface area (Å²) in [6.07, 6.45) is -1.11. The highest BCUT2D eigenvalue weighted by Crippen LogP contribution is 2.41. The van der Waals surface area contributed by atoms with Crippen molar-refractivity contribution in [3.8, 4) is 0 Å². The molecule has 19 heavy (non-hydrogen) atoms. The van der Waals surface area contributed by atoms with Crippen molar-refractivity contribution in [2.45, 2.75) is 37.9 Å². The molecule has 0 saturated heterocycles. The van der Waals surface area contributed by atoms with E-state index in [-0.39, 0.29) is 23.9 Å². The Kier molecular flexibility index (Phi) is 5.21. The topological polar surface area (TPSA) is 26.0 Å². The van der Waals surface area contributed by atoms with Crippen molar-refractivity contribution in [2.75, 3.05) is 0 Å². The summed E-state index contributed by atoms with van der Waals surface area (Å²) < 4.78 is 52.0. The van der Waals surface area contributed by atoms with Crippen LogP contribution in [0.3, 0.4) is 0 Å². The highest BCUT2D eigenvalue weighted by molar-refractivity contribution is 5.85. The lowest BCUT2D eigenvalue weighted by Crippen LogP contribution is -2.24. The van der Waals surface area contributed by atoms with Crippen LogP contribution in [-0.4, -0.2) is 0 Å². The van der Waals surface area contributed by atoms with Gasteiger partial charge in [0.25, 0.3) is 0 Å². The van der Waals surface area contributed by atoms with E-state index in [1.165, 1.54) is 12.1 Å². The van der Waals surface area contributed by atoms with Crippen LogP contribution in [0.25, 0.3) is 0 Å². The van der Waals surface area contributed by atoms with Crippen LogP contribution in [0, 0.1) is 11.7 Å². The molecule has 1 aromatic carbocycles. The van der Waals surface area contributed by atoms with E-state index in [4.69, 9.17) is 5.73 Å². The molecule has 1 atom stereocenters. The van der Waals surface area contributed by atoms with E-state index >= 15 is 0 Å². The van der Waals surface area contributed by atoms with Gasteiger partial charge in [-0.05, 0) is 30.4 Å². The largest absolute Gasteiger partial charge is 0.419 e. The van der Waals surface area contributed by atoms with Crippen LogP contribution in [0.15, 0.2) is 18.2 Å². The first kappa shape index (κ1) is 16.2. The van der Waals surface area contributed by atoms with Gasteiger partial charge in [0.1, 0.15) is 5.82 Å². The molecule has 1 aliphatic rings. The van der Waals surface area contributed by atoms with Gasteiger partial charge in [-0.1, -0.05) is 25.0 Å². The van der Waals surface area contributed by atoms with Crippen LogP contribution >= 0.6 is 12.4 Å². The molecular formula is C13H16ClF4N. The Morgan fingerprint density at radius 2 is 1.74 bits per heavy atom. The second kappa shape index (κ2) is 6.09. The Hall–Kier alpha value is -0.810. The zero-order valence-electron chi connectivity index (χ0n) is 10.2. The molecule has 0 amide bonds. The van der Waals surface area contributed by atoms with E-state index in [0.717, 1.165) is 31.7 Å². The standard InChI is InChI=1S/C13H15F4N.ClH/c14-10-7-3-6-9(11(10)13(15,16)17)12(18)8-4-1-2-5-8;/h3,6-8,12H,1-2,4-5,18H2;1H/t12-;/m1./s1. The van der Waals surface area contributed by atoms with Crippen LogP contribution in [0.5, 0.6) is 0 Å². The maximum Gasteiger partial charge on any atom is 0.419 e. The third-order valence-electron chi connectivity index (χ3n) is 3.60. The molecule has 1 aromatic rings. The maximum atomic E-state index is 13.4. The Balaban J connectivity index is 0.00000180. The third-order valence-corrected chi connectivity index (χ3v) is 3.60. The first-order valence-corrected chi connectivity index (χ1v) is 6.02. The summed E-state index contributed by atoms with van der Waals surface area (Å²) in [6.45, 7) is 0. The summed E-state index contributed by atoms with van der Waals surface area (Å²) in [6, 6.07) is 2.66.